The molecule has 3 N–H and O–H groups in total. The highest BCUT2D eigenvalue weighted by molar-refractivity contribution is 5.94. The van der Waals surface area contributed by atoms with Gasteiger partial charge in [0.05, 0.1) is 5.56 Å². The largest absolute Gasteiger partial charge is 0.351 e. The number of carbonyl (C=O) groups is 1. The Bertz CT molecular complexity index is 437. The van der Waals surface area contributed by atoms with E-state index in [4.69, 9.17) is 5.73 Å². The lowest BCUT2D eigenvalue weighted by atomic mass is 9.82. The molecule has 0 aliphatic rings. The third kappa shape index (κ3) is 3.73. The fourth-order valence-corrected chi connectivity index (χ4v) is 1.90. The third-order valence-electron chi connectivity index (χ3n) is 3.73. The van der Waals surface area contributed by atoms with E-state index in [1.807, 2.05) is 13.8 Å². The van der Waals surface area contributed by atoms with Crippen LogP contribution in [-0.4, -0.2) is 19.0 Å². The van der Waals surface area contributed by atoms with Crippen molar-refractivity contribution in [2.24, 2.45) is 11.1 Å². The highest BCUT2D eigenvalue weighted by atomic mass is 19.1. The molecule has 0 saturated heterocycles. The summed E-state index contributed by atoms with van der Waals surface area (Å²) in [5, 5.41) is 2.64. The summed E-state index contributed by atoms with van der Waals surface area (Å²) >= 11 is 0. The van der Waals surface area contributed by atoms with E-state index < -0.39 is 17.5 Å². The van der Waals surface area contributed by atoms with Gasteiger partial charge in [0, 0.05) is 6.54 Å². The molecule has 19 heavy (non-hydrogen) atoms. The number of halogens is 2. The number of carbonyl (C=O) groups excluding carboxylic acids is 1. The van der Waals surface area contributed by atoms with Crippen LogP contribution in [0.15, 0.2) is 18.2 Å². The summed E-state index contributed by atoms with van der Waals surface area (Å²) in [5.41, 5.74) is 5.25. The van der Waals surface area contributed by atoms with Crippen LogP contribution in [0.25, 0.3) is 0 Å². The summed E-state index contributed by atoms with van der Waals surface area (Å²) in [6.07, 6.45) is 1.62. The molecule has 1 aromatic carbocycles. The molecule has 0 radical (unpaired) electrons. The molecule has 0 bridgehead atoms. The average molecular weight is 270 g/mol. The van der Waals surface area contributed by atoms with Crippen LogP contribution in [0.3, 0.4) is 0 Å². The minimum absolute atomic E-state index is 0.195. The minimum atomic E-state index is -0.731. The molecule has 0 atom stereocenters. The number of benzene rings is 1. The number of amides is 1. The van der Waals surface area contributed by atoms with Crippen LogP contribution < -0.4 is 11.1 Å². The molecule has 1 amide bonds. The molecular formula is C14H20F2N2O. The maximum Gasteiger partial charge on any atom is 0.254 e. The minimum Gasteiger partial charge on any atom is -0.351 e. The zero-order chi connectivity index (χ0) is 14.5. The Morgan fingerprint density at radius 1 is 1.32 bits per heavy atom. The Morgan fingerprint density at radius 2 is 1.95 bits per heavy atom. The van der Waals surface area contributed by atoms with Crippen molar-refractivity contribution in [2.75, 3.05) is 13.1 Å². The maximum absolute atomic E-state index is 13.4. The normalized spacial score (nSPS) is 11.4. The zero-order valence-electron chi connectivity index (χ0n) is 11.3. The van der Waals surface area contributed by atoms with E-state index in [9.17, 15) is 13.6 Å². The molecule has 0 spiro atoms. The molecule has 1 aromatic rings. The van der Waals surface area contributed by atoms with Gasteiger partial charge in [-0.25, -0.2) is 8.78 Å². The van der Waals surface area contributed by atoms with Gasteiger partial charge in [0.1, 0.15) is 11.6 Å². The Morgan fingerprint density at radius 3 is 2.47 bits per heavy atom. The first-order valence-electron chi connectivity index (χ1n) is 6.41. The number of nitrogens with one attached hydrogen (secondary N) is 1. The van der Waals surface area contributed by atoms with Crippen molar-refractivity contribution >= 4 is 5.91 Å². The highest BCUT2D eigenvalue weighted by Gasteiger charge is 2.25. The molecular weight excluding hydrogens is 250 g/mol. The second-order valence-corrected chi connectivity index (χ2v) is 4.72. The number of hydrogen-bond donors (Lipinski definition) is 2. The number of rotatable bonds is 6. The molecule has 0 heterocycles. The first-order chi connectivity index (χ1) is 8.98. The average Bonchev–Trinajstić information content (AvgIpc) is 2.43. The lowest BCUT2D eigenvalue weighted by Crippen LogP contribution is -2.42. The van der Waals surface area contributed by atoms with Crippen molar-refractivity contribution in [3.05, 3.63) is 35.4 Å². The summed E-state index contributed by atoms with van der Waals surface area (Å²) in [7, 11) is 0. The van der Waals surface area contributed by atoms with E-state index in [1.165, 1.54) is 0 Å². The lowest BCUT2D eigenvalue weighted by Gasteiger charge is -2.30. The molecule has 5 heteroatoms. The van der Waals surface area contributed by atoms with Gasteiger partial charge in [-0.3, -0.25) is 4.79 Å². The van der Waals surface area contributed by atoms with Crippen LogP contribution in [0, 0.1) is 17.0 Å². The van der Waals surface area contributed by atoms with Crippen LogP contribution in [0.2, 0.25) is 0 Å². The predicted molar refractivity (Wildman–Crippen MR) is 70.8 cm³/mol. The van der Waals surface area contributed by atoms with Crippen molar-refractivity contribution in [3.8, 4) is 0 Å². The Hall–Kier alpha value is -1.49. The molecule has 0 saturated carbocycles. The second-order valence-electron chi connectivity index (χ2n) is 4.72. The van der Waals surface area contributed by atoms with E-state index in [2.05, 4.69) is 5.32 Å². The van der Waals surface area contributed by atoms with Gasteiger partial charge in [-0.1, -0.05) is 13.8 Å². The summed E-state index contributed by atoms with van der Waals surface area (Å²) in [6.45, 7) is 4.77. The van der Waals surface area contributed by atoms with Crippen molar-refractivity contribution in [2.45, 2.75) is 26.7 Å². The van der Waals surface area contributed by atoms with Gasteiger partial charge >= 0.3 is 0 Å². The van der Waals surface area contributed by atoms with Crippen LogP contribution in [0.4, 0.5) is 8.78 Å². The van der Waals surface area contributed by atoms with Crippen LogP contribution in [-0.2, 0) is 0 Å². The summed E-state index contributed by atoms with van der Waals surface area (Å²) in [4.78, 5) is 11.9. The van der Waals surface area contributed by atoms with Crippen LogP contribution in [0.1, 0.15) is 37.0 Å². The standard InChI is InChI=1S/C14H20F2N2O/c1-3-14(4-2,8-17)9-18-13(19)11-7-10(15)5-6-12(11)16/h5-7H,3-4,8-9,17H2,1-2H3,(H,18,19). The first-order valence-corrected chi connectivity index (χ1v) is 6.41. The van der Waals surface area contributed by atoms with Crippen molar-refractivity contribution in [1.82, 2.24) is 5.32 Å². The second kappa shape index (κ2) is 6.61. The molecule has 3 nitrogen and oxygen atoms in total. The predicted octanol–water partition coefficient (Wildman–Crippen LogP) is 2.46. The Balaban J connectivity index is 2.77. The molecule has 0 unspecified atom stereocenters. The van der Waals surface area contributed by atoms with Gasteiger partial charge < -0.3 is 11.1 Å². The van der Waals surface area contributed by atoms with Crippen LogP contribution in [0.5, 0.6) is 0 Å². The van der Waals surface area contributed by atoms with Crippen molar-refractivity contribution in [3.63, 3.8) is 0 Å². The summed E-state index contributed by atoms with van der Waals surface area (Å²) in [5.74, 6) is -1.98. The fraction of sp³-hybridized carbons (Fsp3) is 0.500. The molecule has 106 valence electrons. The van der Waals surface area contributed by atoms with Gasteiger partial charge in [0.25, 0.3) is 5.91 Å². The number of nitrogens with two attached hydrogens (primary N) is 1. The number of hydrogen-bond acceptors (Lipinski definition) is 2. The smallest absolute Gasteiger partial charge is 0.254 e. The van der Waals surface area contributed by atoms with E-state index in [0.717, 1.165) is 31.0 Å². The Kier molecular flexibility index (Phi) is 5.42. The Labute approximate surface area is 112 Å². The lowest BCUT2D eigenvalue weighted by molar-refractivity contribution is 0.0923. The molecule has 0 aromatic heterocycles. The van der Waals surface area contributed by atoms with Gasteiger partial charge in [-0.2, -0.15) is 0 Å². The molecule has 0 aliphatic heterocycles. The molecule has 0 aliphatic carbocycles. The quantitative estimate of drug-likeness (QED) is 0.834. The topological polar surface area (TPSA) is 55.1 Å². The van der Waals surface area contributed by atoms with E-state index in [1.54, 1.807) is 0 Å². The van der Waals surface area contributed by atoms with Gasteiger partial charge in [-0.15, -0.1) is 0 Å². The van der Waals surface area contributed by atoms with Crippen molar-refractivity contribution in [1.29, 1.82) is 0 Å². The van der Waals surface area contributed by atoms with E-state index >= 15 is 0 Å². The fourth-order valence-electron chi connectivity index (χ4n) is 1.90. The van der Waals surface area contributed by atoms with E-state index in [0.29, 0.717) is 13.1 Å². The molecule has 1 rings (SSSR count). The maximum atomic E-state index is 13.4. The zero-order valence-corrected chi connectivity index (χ0v) is 11.3. The summed E-state index contributed by atoms with van der Waals surface area (Å²) in [6, 6.07) is 2.82. The van der Waals surface area contributed by atoms with Gasteiger partial charge in [0.2, 0.25) is 0 Å². The first kappa shape index (κ1) is 15.6. The summed E-state index contributed by atoms with van der Waals surface area (Å²) < 4.78 is 26.4. The van der Waals surface area contributed by atoms with Crippen molar-refractivity contribution < 1.29 is 13.6 Å². The highest BCUT2D eigenvalue weighted by Crippen LogP contribution is 2.23. The molecule has 0 fully saturated rings. The van der Waals surface area contributed by atoms with Gasteiger partial charge in [0.15, 0.2) is 0 Å². The van der Waals surface area contributed by atoms with Gasteiger partial charge in [-0.05, 0) is 43.0 Å². The SMILES string of the molecule is CCC(CC)(CN)CNC(=O)c1cc(F)ccc1F. The monoisotopic (exact) mass is 270 g/mol. The third-order valence-corrected chi connectivity index (χ3v) is 3.73. The van der Waals surface area contributed by atoms with Crippen LogP contribution >= 0.6 is 0 Å². The van der Waals surface area contributed by atoms with E-state index in [-0.39, 0.29) is 11.0 Å².